The Balaban J connectivity index is 2.82. The summed E-state index contributed by atoms with van der Waals surface area (Å²) >= 11 is 0. The summed E-state index contributed by atoms with van der Waals surface area (Å²) in [6, 6.07) is 3.75. The number of ketones is 1. The highest BCUT2D eigenvalue weighted by atomic mass is 16.1. The Hall–Kier alpha value is -1.44. The van der Waals surface area contributed by atoms with Gasteiger partial charge in [-0.2, -0.15) is 0 Å². The first-order chi connectivity index (χ1) is 6.77. The van der Waals surface area contributed by atoms with Gasteiger partial charge >= 0.3 is 0 Å². The molecule has 14 heavy (non-hydrogen) atoms. The number of pyridine rings is 1. The smallest absolute Gasteiger partial charge is 0.179 e. The van der Waals surface area contributed by atoms with Gasteiger partial charge in [-0.25, -0.2) is 4.57 Å². The lowest BCUT2D eigenvalue weighted by atomic mass is 10.1. The fourth-order valence-corrected chi connectivity index (χ4v) is 1.32. The van der Waals surface area contributed by atoms with E-state index in [0.717, 1.165) is 18.5 Å². The molecule has 0 radical (unpaired) electrons. The number of aromatic nitrogens is 1. The summed E-state index contributed by atoms with van der Waals surface area (Å²) < 4.78 is 1.95. The van der Waals surface area contributed by atoms with Crippen LogP contribution in [0.1, 0.15) is 30.1 Å². The lowest BCUT2D eigenvalue weighted by Crippen LogP contribution is -2.32. The van der Waals surface area contributed by atoms with Crippen LogP contribution in [0.3, 0.4) is 0 Å². The molecular weight excluding hydrogens is 174 g/mol. The molecule has 1 aromatic heterocycles. The van der Waals surface area contributed by atoms with Crippen LogP contribution >= 0.6 is 0 Å². The Bertz CT molecular complexity index is 331. The van der Waals surface area contributed by atoms with Gasteiger partial charge in [0, 0.05) is 12.5 Å². The van der Waals surface area contributed by atoms with Gasteiger partial charge in [0.25, 0.3) is 0 Å². The van der Waals surface area contributed by atoms with E-state index in [1.807, 2.05) is 42.1 Å². The molecule has 0 aromatic carbocycles. The van der Waals surface area contributed by atoms with Crippen molar-refractivity contribution < 1.29 is 9.36 Å². The van der Waals surface area contributed by atoms with Gasteiger partial charge in [0.1, 0.15) is 0 Å². The number of allylic oxidation sites excluding steroid dienone is 1. The molecule has 0 saturated heterocycles. The highest BCUT2D eigenvalue weighted by Gasteiger charge is 2.08. The minimum Gasteiger partial charge on any atom is -0.294 e. The van der Waals surface area contributed by atoms with Crippen LogP contribution in [0.15, 0.2) is 37.2 Å². The second-order valence-electron chi connectivity index (χ2n) is 3.25. The van der Waals surface area contributed by atoms with E-state index < -0.39 is 0 Å². The third kappa shape index (κ3) is 2.80. The van der Waals surface area contributed by atoms with Gasteiger partial charge in [-0.05, 0) is 18.6 Å². The predicted octanol–water partition coefficient (Wildman–Crippen LogP) is 2.14. The number of carbonyl (C=O) groups excluding carboxylic acids is 1. The SMILES string of the molecule is C=CC[n+]1cccc(C(=O)CCC)c1. The molecular formula is C12H16NO+. The lowest BCUT2D eigenvalue weighted by Gasteiger charge is -1.97. The zero-order valence-corrected chi connectivity index (χ0v) is 8.57. The first-order valence-electron chi connectivity index (χ1n) is 4.91. The number of Topliss-reactive ketones (excluding diaryl/α,β-unsaturated/α-hetero) is 1. The molecule has 1 heterocycles. The van der Waals surface area contributed by atoms with E-state index in [1.165, 1.54) is 0 Å². The van der Waals surface area contributed by atoms with Crippen LogP contribution in [0.4, 0.5) is 0 Å². The largest absolute Gasteiger partial charge is 0.294 e. The summed E-state index contributed by atoms with van der Waals surface area (Å²) in [4.78, 5) is 11.6. The molecule has 0 unspecified atom stereocenters. The molecule has 1 aromatic rings. The quantitative estimate of drug-likeness (QED) is 0.396. The van der Waals surface area contributed by atoms with Crippen molar-refractivity contribution in [3.8, 4) is 0 Å². The third-order valence-electron chi connectivity index (χ3n) is 2.00. The Kier molecular flexibility index (Phi) is 4.05. The number of hydrogen-bond donors (Lipinski definition) is 0. The zero-order chi connectivity index (χ0) is 10.4. The van der Waals surface area contributed by atoms with E-state index in [-0.39, 0.29) is 5.78 Å². The van der Waals surface area contributed by atoms with E-state index in [9.17, 15) is 4.79 Å². The van der Waals surface area contributed by atoms with Crippen LogP contribution < -0.4 is 4.57 Å². The molecule has 0 N–H and O–H groups in total. The zero-order valence-electron chi connectivity index (χ0n) is 8.57. The molecule has 74 valence electrons. The fraction of sp³-hybridized carbons (Fsp3) is 0.333. The molecule has 0 aliphatic carbocycles. The van der Waals surface area contributed by atoms with Crippen molar-refractivity contribution in [2.75, 3.05) is 0 Å². The highest BCUT2D eigenvalue weighted by Crippen LogP contribution is 2.01. The predicted molar refractivity (Wildman–Crippen MR) is 56.1 cm³/mol. The molecule has 0 saturated carbocycles. The Morgan fingerprint density at radius 2 is 2.43 bits per heavy atom. The van der Waals surface area contributed by atoms with E-state index in [1.54, 1.807) is 0 Å². The molecule has 0 aliphatic rings. The molecule has 2 nitrogen and oxygen atoms in total. The summed E-state index contributed by atoms with van der Waals surface area (Å²) in [5.74, 6) is 0.214. The van der Waals surface area contributed by atoms with Gasteiger partial charge in [0.2, 0.25) is 0 Å². The summed E-state index contributed by atoms with van der Waals surface area (Å²) in [5.41, 5.74) is 0.788. The van der Waals surface area contributed by atoms with Gasteiger partial charge in [-0.15, -0.1) is 0 Å². The minimum atomic E-state index is 0.214. The highest BCUT2D eigenvalue weighted by molar-refractivity contribution is 5.95. The van der Waals surface area contributed by atoms with Gasteiger partial charge < -0.3 is 0 Å². The molecule has 0 atom stereocenters. The maximum atomic E-state index is 11.6. The molecule has 0 amide bonds. The molecule has 1 rings (SSSR count). The second-order valence-corrected chi connectivity index (χ2v) is 3.25. The van der Waals surface area contributed by atoms with E-state index in [0.29, 0.717) is 6.42 Å². The number of nitrogens with zero attached hydrogens (tertiary/aromatic N) is 1. The standard InChI is InChI=1S/C12H16NO/c1-3-6-12(14)11-7-5-9-13(10-11)8-4-2/h4-5,7,9-10H,2-3,6,8H2,1H3/q+1. The molecule has 0 aliphatic heterocycles. The van der Waals surface area contributed by atoms with Crippen molar-refractivity contribution in [2.24, 2.45) is 0 Å². The molecule has 2 heteroatoms. The van der Waals surface area contributed by atoms with Crippen molar-refractivity contribution in [3.05, 3.63) is 42.7 Å². The molecule has 0 spiro atoms. The fourth-order valence-electron chi connectivity index (χ4n) is 1.32. The monoisotopic (exact) mass is 190 g/mol. The second kappa shape index (κ2) is 5.32. The van der Waals surface area contributed by atoms with E-state index in [2.05, 4.69) is 6.58 Å². The average Bonchev–Trinajstić information content (AvgIpc) is 2.19. The summed E-state index contributed by atoms with van der Waals surface area (Å²) in [6.07, 6.45) is 7.14. The minimum absolute atomic E-state index is 0.214. The Morgan fingerprint density at radius 1 is 1.64 bits per heavy atom. The average molecular weight is 190 g/mol. The van der Waals surface area contributed by atoms with Crippen molar-refractivity contribution in [2.45, 2.75) is 26.3 Å². The maximum absolute atomic E-state index is 11.6. The number of carbonyl (C=O) groups is 1. The number of hydrogen-bond acceptors (Lipinski definition) is 1. The van der Waals surface area contributed by atoms with Crippen molar-refractivity contribution in [1.82, 2.24) is 0 Å². The summed E-state index contributed by atoms with van der Waals surface area (Å²) in [5, 5.41) is 0. The Morgan fingerprint density at radius 3 is 3.07 bits per heavy atom. The van der Waals surface area contributed by atoms with Gasteiger partial charge in [-0.1, -0.05) is 13.5 Å². The Labute approximate surface area is 84.9 Å². The van der Waals surface area contributed by atoms with Crippen LogP contribution in [-0.4, -0.2) is 5.78 Å². The normalized spacial score (nSPS) is 9.79. The summed E-state index contributed by atoms with van der Waals surface area (Å²) in [6.45, 7) is 6.42. The molecule has 0 fully saturated rings. The maximum Gasteiger partial charge on any atom is 0.179 e. The van der Waals surface area contributed by atoms with Crippen molar-refractivity contribution in [1.29, 1.82) is 0 Å². The van der Waals surface area contributed by atoms with Crippen LogP contribution in [-0.2, 0) is 6.54 Å². The van der Waals surface area contributed by atoms with Crippen molar-refractivity contribution >= 4 is 5.78 Å². The van der Waals surface area contributed by atoms with Crippen LogP contribution in [0.2, 0.25) is 0 Å². The van der Waals surface area contributed by atoms with Gasteiger partial charge in [0.05, 0.1) is 5.56 Å². The van der Waals surface area contributed by atoms with E-state index >= 15 is 0 Å². The summed E-state index contributed by atoms with van der Waals surface area (Å²) in [7, 11) is 0. The number of rotatable bonds is 5. The van der Waals surface area contributed by atoms with Crippen LogP contribution in [0.25, 0.3) is 0 Å². The molecule has 0 bridgehead atoms. The van der Waals surface area contributed by atoms with Gasteiger partial charge in [0.15, 0.2) is 24.7 Å². The lowest BCUT2D eigenvalue weighted by molar-refractivity contribution is -0.687. The first kappa shape index (κ1) is 10.6. The third-order valence-corrected chi connectivity index (χ3v) is 2.00. The van der Waals surface area contributed by atoms with Crippen molar-refractivity contribution in [3.63, 3.8) is 0 Å². The van der Waals surface area contributed by atoms with E-state index in [4.69, 9.17) is 0 Å². The topological polar surface area (TPSA) is 20.9 Å². The van der Waals surface area contributed by atoms with Crippen LogP contribution in [0.5, 0.6) is 0 Å². The van der Waals surface area contributed by atoms with Gasteiger partial charge in [-0.3, -0.25) is 4.79 Å². The van der Waals surface area contributed by atoms with Crippen LogP contribution in [0, 0.1) is 0 Å². The first-order valence-corrected chi connectivity index (χ1v) is 4.91.